The van der Waals surface area contributed by atoms with Crippen molar-refractivity contribution in [2.45, 2.75) is 77.6 Å². The summed E-state index contributed by atoms with van der Waals surface area (Å²) in [4.78, 5) is 4.18. The minimum absolute atomic E-state index is 0.0120. The van der Waals surface area contributed by atoms with Gasteiger partial charge in [-0.1, -0.05) is 59.2 Å². The number of hydrogen-bond acceptors (Lipinski definition) is 3. The Bertz CT molecular complexity index is 455. The fourth-order valence-corrected chi connectivity index (χ4v) is 9.55. The molecule has 1 rings (SSSR count). The molecule has 0 N–H and O–H groups in total. The second kappa shape index (κ2) is 9.90. The van der Waals surface area contributed by atoms with E-state index in [9.17, 15) is 0 Å². The molecule has 0 radical (unpaired) electrons. The van der Waals surface area contributed by atoms with E-state index in [1.165, 1.54) is 0 Å². The van der Waals surface area contributed by atoms with Crippen LogP contribution in [0.15, 0.2) is 18.3 Å². The molecular formula is C19H34ClNO2Si. The lowest BCUT2D eigenvalue weighted by Gasteiger charge is -2.42. The Morgan fingerprint density at radius 1 is 1.04 bits per heavy atom. The normalized spacial score (nSPS) is 14.0. The van der Waals surface area contributed by atoms with Crippen molar-refractivity contribution in [3.8, 4) is 0 Å². The number of aromatic nitrogens is 1. The summed E-state index contributed by atoms with van der Waals surface area (Å²) in [7, 11) is -1.82. The molecule has 0 spiro atoms. The molecule has 5 heteroatoms. The molecular weight excluding hydrogens is 338 g/mol. The van der Waals surface area contributed by atoms with E-state index in [4.69, 9.17) is 20.8 Å². The van der Waals surface area contributed by atoms with E-state index in [0.29, 0.717) is 28.4 Å². The second-order valence-corrected chi connectivity index (χ2v) is 13.2. The van der Waals surface area contributed by atoms with Gasteiger partial charge < -0.3 is 9.16 Å². The number of nitrogens with zero attached hydrogens (tertiary/aromatic N) is 1. The van der Waals surface area contributed by atoms with E-state index in [0.717, 1.165) is 18.6 Å². The molecule has 0 unspecified atom stereocenters. The van der Waals surface area contributed by atoms with Crippen LogP contribution in [0.25, 0.3) is 0 Å². The van der Waals surface area contributed by atoms with Crippen molar-refractivity contribution in [3.63, 3.8) is 0 Å². The average molecular weight is 372 g/mol. The predicted molar refractivity (Wildman–Crippen MR) is 105 cm³/mol. The Balaban J connectivity index is 2.80. The van der Waals surface area contributed by atoms with Gasteiger partial charge in [0.1, 0.15) is 5.15 Å². The second-order valence-electron chi connectivity index (χ2n) is 7.31. The van der Waals surface area contributed by atoms with Gasteiger partial charge >= 0.3 is 0 Å². The number of halogens is 1. The third-order valence-corrected chi connectivity index (χ3v) is 11.3. The largest absolute Gasteiger partial charge is 0.416 e. The van der Waals surface area contributed by atoms with E-state index >= 15 is 0 Å². The number of rotatable bonds is 10. The van der Waals surface area contributed by atoms with Gasteiger partial charge in [0.05, 0.1) is 6.10 Å². The quantitative estimate of drug-likeness (QED) is 0.352. The van der Waals surface area contributed by atoms with Crippen LogP contribution in [0, 0.1) is 0 Å². The molecule has 0 aliphatic carbocycles. The van der Waals surface area contributed by atoms with Crippen LogP contribution in [-0.2, 0) is 9.16 Å². The summed E-state index contributed by atoms with van der Waals surface area (Å²) in [6, 6.07) is 3.81. The van der Waals surface area contributed by atoms with Crippen LogP contribution in [0.1, 0.15) is 66.6 Å². The van der Waals surface area contributed by atoms with Crippen molar-refractivity contribution in [3.05, 3.63) is 29.0 Å². The van der Waals surface area contributed by atoms with Crippen LogP contribution >= 0.6 is 11.6 Å². The minimum Gasteiger partial charge on any atom is -0.416 e. The van der Waals surface area contributed by atoms with Crippen LogP contribution in [0.4, 0.5) is 0 Å². The molecule has 0 aliphatic rings. The maximum absolute atomic E-state index is 6.65. The Labute approximate surface area is 154 Å². The molecule has 24 heavy (non-hydrogen) atoms. The fourth-order valence-electron chi connectivity index (χ4n) is 3.97. The van der Waals surface area contributed by atoms with E-state index in [1.54, 1.807) is 6.20 Å². The van der Waals surface area contributed by atoms with Crippen molar-refractivity contribution < 1.29 is 9.16 Å². The summed E-state index contributed by atoms with van der Waals surface area (Å²) in [5.74, 6) is 0. The standard InChI is InChI=1S/C19H34ClNO2Si/c1-8-22-18(17-9-10-19(20)21-13-17)11-12-23-24(14(2)3,15(4)5)16(6)7/h9-10,13-16,18H,8,11-12H2,1-7H3/t18-/m0/s1. The van der Waals surface area contributed by atoms with Gasteiger partial charge in [-0.05, 0) is 41.6 Å². The molecule has 1 heterocycles. The predicted octanol–water partition coefficient (Wildman–Crippen LogP) is 6.39. The van der Waals surface area contributed by atoms with Crippen LogP contribution < -0.4 is 0 Å². The summed E-state index contributed by atoms with van der Waals surface area (Å²) in [5.41, 5.74) is 2.86. The van der Waals surface area contributed by atoms with Crippen molar-refractivity contribution >= 4 is 19.9 Å². The van der Waals surface area contributed by atoms with E-state index in [2.05, 4.69) is 46.5 Å². The Kier molecular flexibility index (Phi) is 8.92. The van der Waals surface area contributed by atoms with Crippen molar-refractivity contribution in [1.29, 1.82) is 0 Å². The smallest absolute Gasteiger partial charge is 0.200 e. The SMILES string of the molecule is CCO[C@@H](CCO[Si](C(C)C)(C(C)C)C(C)C)c1ccc(Cl)nc1. The van der Waals surface area contributed by atoms with Gasteiger partial charge in [-0.25, -0.2) is 4.98 Å². The molecule has 0 saturated carbocycles. The van der Waals surface area contributed by atoms with Crippen molar-refractivity contribution in [2.75, 3.05) is 13.2 Å². The topological polar surface area (TPSA) is 31.4 Å². The lowest BCUT2D eigenvalue weighted by molar-refractivity contribution is 0.0437. The zero-order chi connectivity index (χ0) is 18.3. The van der Waals surface area contributed by atoms with E-state index in [-0.39, 0.29) is 6.10 Å². The van der Waals surface area contributed by atoms with Crippen LogP contribution in [0.3, 0.4) is 0 Å². The summed E-state index contributed by atoms with van der Waals surface area (Å²) in [6.45, 7) is 17.3. The molecule has 1 aromatic heterocycles. The summed E-state index contributed by atoms with van der Waals surface area (Å²) >= 11 is 5.89. The average Bonchev–Trinajstić information content (AvgIpc) is 2.50. The summed E-state index contributed by atoms with van der Waals surface area (Å²) in [6.07, 6.45) is 2.66. The Morgan fingerprint density at radius 2 is 1.62 bits per heavy atom. The lowest BCUT2D eigenvalue weighted by Crippen LogP contribution is -2.48. The van der Waals surface area contributed by atoms with Gasteiger partial charge in [0.15, 0.2) is 8.32 Å². The molecule has 0 saturated heterocycles. The highest BCUT2D eigenvalue weighted by Gasteiger charge is 2.44. The third kappa shape index (κ3) is 5.28. The Morgan fingerprint density at radius 3 is 2.04 bits per heavy atom. The zero-order valence-corrected chi connectivity index (χ0v) is 18.1. The molecule has 0 aliphatic heterocycles. The number of ether oxygens (including phenoxy) is 1. The first-order chi connectivity index (χ1) is 11.3. The van der Waals surface area contributed by atoms with Gasteiger partial charge in [0.2, 0.25) is 0 Å². The summed E-state index contributed by atoms with van der Waals surface area (Å²) in [5, 5.41) is 0.510. The minimum atomic E-state index is -1.82. The molecule has 1 aromatic rings. The van der Waals surface area contributed by atoms with Gasteiger partial charge in [-0.2, -0.15) is 0 Å². The highest BCUT2D eigenvalue weighted by Crippen LogP contribution is 2.42. The molecule has 0 fully saturated rings. The van der Waals surface area contributed by atoms with E-state index < -0.39 is 8.32 Å². The van der Waals surface area contributed by atoms with Crippen LogP contribution in [0.5, 0.6) is 0 Å². The Hall–Kier alpha value is -0.423. The molecule has 0 amide bonds. The zero-order valence-electron chi connectivity index (χ0n) is 16.3. The molecule has 1 atom stereocenters. The first-order valence-electron chi connectivity index (χ1n) is 9.12. The summed E-state index contributed by atoms with van der Waals surface area (Å²) < 4.78 is 12.6. The van der Waals surface area contributed by atoms with Crippen molar-refractivity contribution in [1.82, 2.24) is 4.98 Å². The number of pyridine rings is 1. The highest BCUT2D eigenvalue weighted by molar-refractivity contribution is 6.77. The maximum atomic E-state index is 6.65. The van der Waals surface area contributed by atoms with Gasteiger partial charge in [-0.3, -0.25) is 0 Å². The lowest BCUT2D eigenvalue weighted by atomic mass is 10.1. The van der Waals surface area contributed by atoms with E-state index in [1.807, 2.05) is 19.1 Å². The van der Waals surface area contributed by atoms with Gasteiger partial charge in [-0.15, -0.1) is 0 Å². The van der Waals surface area contributed by atoms with Gasteiger partial charge in [0.25, 0.3) is 0 Å². The fraction of sp³-hybridized carbons (Fsp3) is 0.737. The van der Waals surface area contributed by atoms with Crippen molar-refractivity contribution in [2.24, 2.45) is 0 Å². The first-order valence-corrected chi connectivity index (χ1v) is 11.6. The monoisotopic (exact) mass is 371 g/mol. The van der Waals surface area contributed by atoms with Gasteiger partial charge in [0, 0.05) is 19.4 Å². The first kappa shape index (κ1) is 21.6. The molecule has 138 valence electrons. The molecule has 0 aromatic carbocycles. The maximum Gasteiger partial charge on any atom is 0.200 e. The highest BCUT2D eigenvalue weighted by atomic mass is 35.5. The number of hydrogen-bond donors (Lipinski definition) is 0. The molecule has 0 bridgehead atoms. The molecule has 3 nitrogen and oxygen atoms in total. The van der Waals surface area contributed by atoms with Crippen LogP contribution in [-0.4, -0.2) is 26.5 Å². The third-order valence-electron chi connectivity index (χ3n) is 4.93. The van der Waals surface area contributed by atoms with Crippen LogP contribution in [0.2, 0.25) is 21.8 Å².